The Morgan fingerprint density at radius 2 is 1.86 bits per heavy atom. The highest BCUT2D eigenvalue weighted by atomic mass is 16.3. The van der Waals surface area contributed by atoms with E-state index in [9.17, 15) is 9.90 Å². The minimum atomic E-state index is 0.0255. The summed E-state index contributed by atoms with van der Waals surface area (Å²) in [6, 6.07) is 10.2. The van der Waals surface area contributed by atoms with E-state index in [4.69, 9.17) is 0 Å². The predicted octanol–water partition coefficient (Wildman–Crippen LogP) is 2.20. The predicted molar refractivity (Wildman–Crippen MR) is 86.0 cm³/mol. The van der Waals surface area contributed by atoms with Gasteiger partial charge in [0.1, 0.15) is 0 Å². The van der Waals surface area contributed by atoms with Crippen LogP contribution in [0.2, 0.25) is 0 Å². The lowest BCUT2D eigenvalue weighted by Crippen LogP contribution is -2.42. The van der Waals surface area contributed by atoms with E-state index in [2.05, 4.69) is 19.2 Å². The average Bonchev–Trinajstić information content (AvgIpc) is 2.45. The van der Waals surface area contributed by atoms with Crippen molar-refractivity contribution in [1.29, 1.82) is 0 Å². The van der Waals surface area contributed by atoms with Gasteiger partial charge in [0.25, 0.3) is 0 Å². The third kappa shape index (κ3) is 5.86. The van der Waals surface area contributed by atoms with E-state index in [1.54, 1.807) is 0 Å². The standard InChI is InChI=1S/C17H28N2O2/c1-13(2)14(3)18-17(21)12-19(4)16(10-11-20)15-8-6-5-7-9-15/h5-9,13-14,16,20H,10-12H2,1-4H3,(H,18,21). The topological polar surface area (TPSA) is 52.6 Å². The first-order chi connectivity index (χ1) is 9.95. The Morgan fingerprint density at radius 1 is 1.24 bits per heavy atom. The lowest BCUT2D eigenvalue weighted by molar-refractivity contribution is -0.123. The summed E-state index contributed by atoms with van der Waals surface area (Å²) in [5.41, 5.74) is 1.12. The zero-order valence-corrected chi connectivity index (χ0v) is 13.5. The van der Waals surface area contributed by atoms with Crippen molar-refractivity contribution in [3.8, 4) is 0 Å². The number of nitrogens with zero attached hydrogens (tertiary/aromatic N) is 1. The Labute approximate surface area is 128 Å². The van der Waals surface area contributed by atoms with Crippen molar-refractivity contribution >= 4 is 5.91 Å². The number of hydrogen-bond acceptors (Lipinski definition) is 3. The van der Waals surface area contributed by atoms with Gasteiger partial charge in [-0.3, -0.25) is 9.69 Å². The summed E-state index contributed by atoms with van der Waals surface area (Å²) >= 11 is 0. The molecule has 0 radical (unpaired) electrons. The van der Waals surface area contributed by atoms with Crippen LogP contribution in [0, 0.1) is 5.92 Å². The van der Waals surface area contributed by atoms with Crippen LogP contribution in [0.25, 0.3) is 0 Å². The molecule has 1 amide bonds. The molecule has 0 saturated carbocycles. The quantitative estimate of drug-likeness (QED) is 0.772. The van der Waals surface area contributed by atoms with E-state index >= 15 is 0 Å². The summed E-state index contributed by atoms with van der Waals surface area (Å²) in [6.45, 7) is 6.63. The summed E-state index contributed by atoms with van der Waals surface area (Å²) in [6.07, 6.45) is 0.619. The zero-order chi connectivity index (χ0) is 15.8. The van der Waals surface area contributed by atoms with Crippen molar-refractivity contribution in [2.75, 3.05) is 20.2 Å². The number of carbonyl (C=O) groups excluding carboxylic acids is 1. The molecule has 0 aliphatic carbocycles. The molecule has 0 heterocycles. The minimum Gasteiger partial charge on any atom is -0.396 e. The molecule has 2 N–H and O–H groups in total. The van der Waals surface area contributed by atoms with Gasteiger partial charge in [0.2, 0.25) is 5.91 Å². The molecule has 0 aromatic heterocycles. The number of hydrogen-bond donors (Lipinski definition) is 2. The highest BCUT2D eigenvalue weighted by Crippen LogP contribution is 2.22. The molecule has 1 aromatic rings. The van der Waals surface area contributed by atoms with Gasteiger partial charge >= 0.3 is 0 Å². The molecule has 0 aliphatic heterocycles. The van der Waals surface area contributed by atoms with Crippen LogP contribution in [0.5, 0.6) is 0 Å². The fourth-order valence-corrected chi connectivity index (χ4v) is 2.24. The molecule has 0 fully saturated rings. The van der Waals surface area contributed by atoms with Gasteiger partial charge < -0.3 is 10.4 Å². The Bertz CT molecular complexity index is 420. The van der Waals surface area contributed by atoms with Gasteiger partial charge in [-0.2, -0.15) is 0 Å². The van der Waals surface area contributed by atoms with E-state index in [0.717, 1.165) is 5.56 Å². The van der Waals surface area contributed by atoms with Gasteiger partial charge in [0.05, 0.1) is 6.54 Å². The van der Waals surface area contributed by atoms with Crippen LogP contribution < -0.4 is 5.32 Å². The number of nitrogens with one attached hydrogen (secondary N) is 1. The molecule has 2 unspecified atom stereocenters. The van der Waals surface area contributed by atoms with E-state index in [1.807, 2.05) is 49.2 Å². The number of rotatable bonds is 8. The number of carbonyl (C=O) groups is 1. The van der Waals surface area contributed by atoms with Crippen molar-refractivity contribution < 1.29 is 9.90 Å². The summed E-state index contributed by atoms with van der Waals surface area (Å²) in [7, 11) is 1.92. The second-order valence-corrected chi connectivity index (χ2v) is 5.95. The van der Waals surface area contributed by atoms with Crippen molar-refractivity contribution in [1.82, 2.24) is 10.2 Å². The molecule has 118 valence electrons. The first-order valence-corrected chi connectivity index (χ1v) is 7.61. The van der Waals surface area contributed by atoms with Crippen LogP contribution in [0.4, 0.5) is 0 Å². The molecule has 0 spiro atoms. The van der Waals surface area contributed by atoms with Crippen LogP contribution in [-0.4, -0.2) is 42.2 Å². The van der Waals surface area contributed by atoms with Gasteiger partial charge in [-0.1, -0.05) is 44.2 Å². The summed E-state index contributed by atoms with van der Waals surface area (Å²) < 4.78 is 0. The highest BCUT2D eigenvalue weighted by molar-refractivity contribution is 5.78. The normalized spacial score (nSPS) is 14.2. The van der Waals surface area contributed by atoms with E-state index in [-0.39, 0.29) is 24.6 Å². The first-order valence-electron chi connectivity index (χ1n) is 7.61. The molecule has 1 aromatic carbocycles. The zero-order valence-electron chi connectivity index (χ0n) is 13.5. The van der Waals surface area contributed by atoms with E-state index in [0.29, 0.717) is 18.9 Å². The largest absolute Gasteiger partial charge is 0.396 e. The SMILES string of the molecule is CC(C)C(C)NC(=O)CN(C)C(CCO)c1ccccc1. The maximum atomic E-state index is 12.1. The summed E-state index contributed by atoms with van der Waals surface area (Å²) in [5.74, 6) is 0.444. The fourth-order valence-electron chi connectivity index (χ4n) is 2.24. The second-order valence-electron chi connectivity index (χ2n) is 5.95. The van der Waals surface area contributed by atoms with Crippen molar-refractivity contribution in [2.24, 2.45) is 5.92 Å². The molecule has 2 atom stereocenters. The van der Waals surface area contributed by atoms with Crippen molar-refractivity contribution in [2.45, 2.75) is 39.3 Å². The van der Waals surface area contributed by atoms with Gasteiger partial charge in [0, 0.05) is 18.7 Å². The van der Waals surface area contributed by atoms with E-state index < -0.39 is 0 Å². The molecule has 21 heavy (non-hydrogen) atoms. The monoisotopic (exact) mass is 292 g/mol. The molecular weight excluding hydrogens is 264 g/mol. The van der Waals surface area contributed by atoms with Gasteiger partial charge in [-0.25, -0.2) is 0 Å². The Hall–Kier alpha value is -1.39. The molecule has 0 bridgehead atoms. The van der Waals surface area contributed by atoms with Crippen LogP contribution in [0.1, 0.15) is 38.8 Å². The smallest absolute Gasteiger partial charge is 0.234 e. The van der Waals surface area contributed by atoms with E-state index in [1.165, 1.54) is 0 Å². The fraction of sp³-hybridized carbons (Fsp3) is 0.588. The van der Waals surface area contributed by atoms with Crippen LogP contribution in [0.3, 0.4) is 0 Å². The van der Waals surface area contributed by atoms with Crippen molar-refractivity contribution in [3.05, 3.63) is 35.9 Å². The number of benzene rings is 1. The summed E-state index contributed by atoms with van der Waals surface area (Å²) in [5, 5.41) is 12.3. The number of aliphatic hydroxyl groups is 1. The Kier molecular flexibility index (Phi) is 7.40. The average molecular weight is 292 g/mol. The number of likely N-dealkylation sites (N-methyl/N-ethyl adjacent to an activating group) is 1. The third-order valence-electron chi connectivity index (χ3n) is 3.90. The van der Waals surface area contributed by atoms with Crippen molar-refractivity contribution in [3.63, 3.8) is 0 Å². The van der Waals surface area contributed by atoms with Gasteiger partial charge in [0.15, 0.2) is 0 Å². The minimum absolute atomic E-state index is 0.0255. The van der Waals surface area contributed by atoms with Gasteiger partial charge in [-0.05, 0) is 31.9 Å². The second kappa shape index (κ2) is 8.80. The molecular formula is C17H28N2O2. The van der Waals surface area contributed by atoms with Crippen LogP contribution >= 0.6 is 0 Å². The Balaban J connectivity index is 2.65. The lowest BCUT2D eigenvalue weighted by atomic mass is 10.0. The maximum Gasteiger partial charge on any atom is 0.234 e. The Morgan fingerprint density at radius 3 is 2.38 bits per heavy atom. The van der Waals surface area contributed by atoms with Gasteiger partial charge in [-0.15, -0.1) is 0 Å². The molecule has 1 rings (SSSR count). The number of aliphatic hydroxyl groups excluding tert-OH is 1. The molecule has 4 heteroatoms. The third-order valence-corrected chi connectivity index (χ3v) is 3.90. The first kappa shape index (κ1) is 17.7. The summed E-state index contributed by atoms with van der Waals surface area (Å²) in [4.78, 5) is 14.1. The van der Waals surface area contributed by atoms with Crippen LogP contribution in [0.15, 0.2) is 30.3 Å². The molecule has 4 nitrogen and oxygen atoms in total. The highest BCUT2D eigenvalue weighted by Gasteiger charge is 2.20. The lowest BCUT2D eigenvalue weighted by Gasteiger charge is -2.28. The number of amides is 1. The molecule has 0 saturated heterocycles. The molecule has 0 aliphatic rings. The van der Waals surface area contributed by atoms with Crippen LogP contribution in [-0.2, 0) is 4.79 Å². The maximum absolute atomic E-state index is 12.1.